The molecule has 1 fully saturated rings. The smallest absolute Gasteiger partial charge is 0.275 e. The monoisotopic (exact) mass is 620 g/mol. The van der Waals surface area contributed by atoms with E-state index in [0.29, 0.717) is 17.6 Å². The number of fused-ring (bicyclic) bond motifs is 2. The highest BCUT2D eigenvalue weighted by atomic mass is 32.2. The van der Waals surface area contributed by atoms with Gasteiger partial charge in [0.05, 0.1) is 46.3 Å². The van der Waals surface area contributed by atoms with E-state index in [9.17, 15) is 9.90 Å². The lowest BCUT2D eigenvalue weighted by Gasteiger charge is -2.36. The Morgan fingerprint density at radius 2 is 1.59 bits per heavy atom. The molecule has 0 bridgehead atoms. The molecule has 3 unspecified atom stereocenters. The Morgan fingerprint density at radius 1 is 0.864 bits per heavy atom. The molecule has 0 saturated carbocycles. The van der Waals surface area contributed by atoms with E-state index in [4.69, 9.17) is 14.5 Å². The van der Waals surface area contributed by atoms with Crippen molar-refractivity contribution in [2.24, 2.45) is 0 Å². The van der Waals surface area contributed by atoms with Gasteiger partial charge in [-0.25, -0.2) is 9.97 Å². The number of carbonyl (C=O) groups excluding carboxylic acids is 1. The van der Waals surface area contributed by atoms with E-state index < -0.39 is 6.29 Å². The summed E-state index contributed by atoms with van der Waals surface area (Å²) in [7, 11) is 0. The van der Waals surface area contributed by atoms with Crippen molar-refractivity contribution in [3.8, 4) is 0 Å². The minimum Gasteiger partial charge on any atom is -0.392 e. The van der Waals surface area contributed by atoms with Gasteiger partial charge >= 0.3 is 0 Å². The molecular formula is C34H28N4O4S2. The number of benzene rings is 4. The third-order valence-corrected chi connectivity index (χ3v) is 9.72. The number of anilines is 1. The maximum Gasteiger partial charge on any atom is 0.275 e. The van der Waals surface area contributed by atoms with E-state index >= 15 is 0 Å². The number of hydrogen-bond acceptors (Lipinski definition) is 9. The lowest BCUT2D eigenvalue weighted by molar-refractivity contribution is -0.245. The van der Waals surface area contributed by atoms with Crippen LogP contribution in [0.4, 0.5) is 5.69 Å². The highest BCUT2D eigenvalue weighted by molar-refractivity contribution is 8.01. The minimum absolute atomic E-state index is 0.00466. The first-order chi connectivity index (χ1) is 21.6. The van der Waals surface area contributed by atoms with E-state index in [1.54, 1.807) is 23.1 Å². The Labute approximate surface area is 262 Å². The molecule has 0 radical (unpaired) electrons. The molecule has 0 spiro atoms. The Hall–Kier alpha value is -4.19. The van der Waals surface area contributed by atoms with Crippen LogP contribution in [0.25, 0.3) is 21.3 Å². The summed E-state index contributed by atoms with van der Waals surface area (Å²) in [4.78, 5) is 26.4. The van der Waals surface area contributed by atoms with Crippen molar-refractivity contribution < 1.29 is 19.4 Å². The SMILES string of the molecule is O=C(Nc1ccc(C2OC(CSc3nc4ccccc4s3)CC(c3ccc(CO)cc3)O2)cc1)c1cnc2ccccc2n1. The summed E-state index contributed by atoms with van der Waals surface area (Å²) in [5, 5.41) is 12.4. The maximum atomic E-state index is 12.9. The van der Waals surface area contributed by atoms with Gasteiger partial charge in [-0.2, -0.15) is 0 Å². The number of rotatable bonds is 8. The number of para-hydroxylation sites is 3. The van der Waals surface area contributed by atoms with Crippen molar-refractivity contribution in [3.05, 3.63) is 126 Å². The van der Waals surface area contributed by atoms with Crippen LogP contribution >= 0.6 is 23.1 Å². The number of aromatic nitrogens is 3. The van der Waals surface area contributed by atoms with Gasteiger partial charge in [0.2, 0.25) is 0 Å². The van der Waals surface area contributed by atoms with Crippen molar-refractivity contribution in [3.63, 3.8) is 0 Å². The molecule has 10 heteroatoms. The number of ether oxygens (including phenoxy) is 2. The Morgan fingerprint density at radius 3 is 2.36 bits per heavy atom. The van der Waals surface area contributed by atoms with Crippen molar-refractivity contribution in [2.75, 3.05) is 11.1 Å². The second-order valence-electron chi connectivity index (χ2n) is 10.4. The number of amides is 1. The zero-order valence-corrected chi connectivity index (χ0v) is 25.1. The van der Waals surface area contributed by atoms with Crippen LogP contribution in [0.5, 0.6) is 0 Å². The molecule has 2 N–H and O–H groups in total. The number of nitrogens with one attached hydrogen (secondary N) is 1. The zero-order chi connectivity index (χ0) is 29.9. The van der Waals surface area contributed by atoms with Crippen LogP contribution < -0.4 is 5.32 Å². The van der Waals surface area contributed by atoms with Crippen LogP contribution in [0.3, 0.4) is 0 Å². The van der Waals surface area contributed by atoms with Gasteiger partial charge < -0.3 is 19.9 Å². The van der Waals surface area contributed by atoms with Crippen LogP contribution in [-0.4, -0.2) is 37.8 Å². The van der Waals surface area contributed by atoms with Crippen LogP contribution in [-0.2, 0) is 16.1 Å². The molecule has 8 nitrogen and oxygen atoms in total. The first kappa shape index (κ1) is 28.6. The summed E-state index contributed by atoms with van der Waals surface area (Å²) in [5.74, 6) is 0.394. The first-order valence-corrected chi connectivity index (χ1v) is 16.0. The van der Waals surface area contributed by atoms with Crippen LogP contribution in [0.15, 0.2) is 108 Å². The van der Waals surface area contributed by atoms with Crippen molar-refractivity contribution in [1.29, 1.82) is 0 Å². The number of thiazole rings is 1. The molecule has 7 rings (SSSR count). The molecule has 1 amide bonds. The summed E-state index contributed by atoms with van der Waals surface area (Å²) in [6, 6.07) is 30.9. The molecule has 1 aliphatic heterocycles. The normalized spacial score (nSPS) is 18.4. The minimum atomic E-state index is -0.594. The number of thioether (sulfide) groups is 1. The van der Waals surface area contributed by atoms with Gasteiger partial charge in [-0.15, -0.1) is 11.3 Å². The van der Waals surface area contributed by atoms with Crippen LogP contribution in [0, 0.1) is 0 Å². The van der Waals surface area contributed by atoms with E-state index in [2.05, 4.69) is 21.4 Å². The fraction of sp³-hybridized carbons (Fsp3) is 0.176. The van der Waals surface area contributed by atoms with Gasteiger partial charge in [0, 0.05) is 23.4 Å². The molecule has 1 saturated heterocycles. The third kappa shape index (κ3) is 6.35. The van der Waals surface area contributed by atoms with Crippen molar-refractivity contribution in [1.82, 2.24) is 15.0 Å². The molecule has 1 aliphatic rings. The molecule has 0 aliphatic carbocycles. The van der Waals surface area contributed by atoms with Gasteiger partial charge in [-0.1, -0.05) is 72.4 Å². The zero-order valence-electron chi connectivity index (χ0n) is 23.5. The van der Waals surface area contributed by atoms with Gasteiger partial charge in [0.1, 0.15) is 5.69 Å². The van der Waals surface area contributed by atoms with Crippen molar-refractivity contribution in [2.45, 2.75) is 35.9 Å². The molecule has 220 valence electrons. The molecule has 3 atom stereocenters. The molecule has 3 heterocycles. The van der Waals surface area contributed by atoms with E-state index in [1.165, 1.54) is 10.9 Å². The summed E-state index contributed by atoms with van der Waals surface area (Å²) in [6.45, 7) is -0.00466. The van der Waals surface area contributed by atoms with Crippen LogP contribution in [0.2, 0.25) is 0 Å². The predicted molar refractivity (Wildman–Crippen MR) is 173 cm³/mol. The van der Waals surface area contributed by atoms with E-state index in [-0.39, 0.29) is 30.4 Å². The number of aliphatic hydroxyl groups is 1. The second kappa shape index (κ2) is 12.8. The lowest BCUT2D eigenvalue weighted by atomic mass is 10.0. The average Bonchev–Trinajstić information content (AvgIpc) is 3.50. The van der Waals surface area contributed by atoms with E-state index in [1.807, 2.05) is 91.0 Å². The Balaban J connectivity index is 1.07. The largest absolute Gasteiger partial charge is 0.392 e. The summed E-state index contributed by atoms with van der Waals surface area (Å²) >= 11 is 3.38. The Bertz CT molecular complexity index is 1880. The second-order valence-corrected chi connectivity index (χ2v) is 12.7. The molecule has 44 heavy (non-hydrogen) atoms. The van der Waals surface area contributed by atoms with Gasteiger partial charge in [-0.3, -0.25) is 9.78 Å². The Kier molecular flexibility index (Phi) is 8.32. The summed E-state index contributed by atoms with van der Waals surface area (Å²) < 4.78 is 15.1. The van der Waals surface area contributed by atoms with Gasteiger partial charge in [0.25, 0.3) is 5.91 Å². The molecule has 4 aromatic carbocycles. The first-order valence-electron chi connectivity index (χ1n) is 14.2. The number of nitrogens with zero attached hydrogens (tertiary/aromatic N) is 3. The standard InChI is InChI=1S/C34H28N4O4S2/c39-19-21-9-11-22(12-10-21)30-17-25(20-43-34-38-28-7-3-4-8-31(28)44-34)41-33(42-30)23-13-15-24(16-14-23)36-32(40)29-18-35-26-5-1-2-6-27(26)37-29/h1-16,18,25,30,33,39H,17,19-20H2,(H,36,40). The summed E-state index contributed by atoms with van der Waals surface area (Å²) in [5.41, 5.74) is 6.02. The number of carbonyl (C=O) groups is 1. The van der Waals surface area contributed by atoms with Crippen molar-refractivity contribution >= 4 is 55.9 Å². The quantitative estimate of drug-likeness (QED) is 0.171. The predicted octanol–water partition coefficient (Wildman–Crippen LogP) is 7.32. The lowest BCUT2D eigenvalue weighted by Crippen LogP contribution is -2.31. The van der Waals surface area contributed by atoms with Gasteiger partial charge in [0.15, 0.2) is 10.6 Å². The van der Waals surface area contributed by atoms with Crippen LogP contribution in [0.1, 0.15) is 46.0 Å². The number of hydrogen-bond donors (Lipinski definition) is 2. The fourth-order valence-electron chi connectivity index (χ4n) is 5.09. The molecular weight excluding hydrogens is 593 g/mol. The third-order valence-electron chi connectivity index (χ3n) is 7.40. The topological polar surface area (TPSA) is 106 Å². The maximum absolute atomic E-state index is 12.9. The number of aliphatic hydroxyl groups excluding tert-OH is 1. The highest BCUT2D eigenvalue weighted by Gasteiger charge is 2.32. The van der Waals surface area contributed by atoms with E-state index in [0.717, 1.165) is 37.8 Å². The molecule has 6 aromatic rings. The fourth-order valence-corrected chi connectivity index (χ4v) is 7.20. The van der Waals surface area contributed by atoms with Gasteiger partial charge in [-0.05, 0) is 47.5 Å². The molecule has 2 aromatic heterocycles. The average molecular weight is 621 g/mol. The highest BCUT2D eigenvalue weighted by Crippen LogP contribution is 2.40. The summed E-state index contributed by atoms with van der Waals surface area (Å²) in [6.07, 6.45) is 1.30.